The Kier molecular flexibility index (Phi) is 43.4. The Morgan fingerprint density at radius 3 is 0.985 bits per heavy atom. The van der Waals surface area contributed by atoms with Crippen molar-refractivity contribution in [3.8, 4) is 34.8 Å². The molecule has 738 valence electrons. The molecular formula is C111H140F3N5O18. The molecular weight excluding hydrogens is 1750 g/mol. The quantitative estimate of drug-likeness (QED) is 0.0204. The molecule has 137 heavy (non-hydrogen) atoms. The summed E-state index contributed by atoms with van der Waals surface area (Å²) in [5, 5.41) is 34.9. The number of unbranched alkanes of at least 4 members (excludes halogenated alkanes) is 8. The maximum absolute atomic E-state index is 13.4. The van der Waals surface area contributed by atoms with E-state index in [-0.39, 0.29) is 104 Å². The van der Waals surface area contributed by atoms with Gasteiger partial charge in [0, 0.05) is 159 Å². The third-order valence-electron chi connectivity index (χ3n) is 25.0. The second kappa shape index (κ2) is 54.8. The molecule has 1 atom stereocenters. The van der Waals surface area contributed by atoms with E-state index in [1.165, 1.54) is 30.7 Å². The Morgan fingerprint density at radius 1 is 0.409 bits per heavy atom. The fraction of sp³-hybridized carbons (Fsp3) is 0.477. The molecule has 4 fully saturated rings. The third kappa shape index (κ3) is 34.6. The number of ether oxygens (including phenoxy) is 6. The van der Waals surface area contributed by atoms with E-state index >= 15 is 0 Å². The van der Waals surface area contributed by atoms with Crippen LogP contribution in [-0.4, -0.2) is 183 Å². The average Bonchev–Trinajstić information content (AvgIpc) is 1.58. The summed E-state index contributed by atoms with van der Waals surface area (Å²) in [6.07, 6.45) is 10.9. The average molecular weight is 1890 g/mol. The molecule has 26 heteroatoms. The molecule has 1 unspecified atom stereocenters. The lowest BCUT2D eigenvalue weighted by Gasteiger charge is -2.32. The number of carbonyl (C=O) groups is 8. The van der Waals surface area contributed by atoms with Crippen LogP contribution in [0, 0.1) is 17.8 Å². The number of carboxylic acid groups (broad SMARTS) is 4. The minimum absolute atomic E-state index is 0.00501. The molecule has 8 aromatic rings. The summed E-state index contributed by atoms with van der Waals surface area (Å²) in [7, 11) is 3.83. The molecule has 8 aromatic carbocycles. The van der Waals surface area contributed by atoms with Crippen LogP contribution >= 0.6 is 0 Å². The first-order valence-corrected chi connectivity index (χ1v) is 48.5. The Bertz CT molecular complexity index is 5210. The SMILES string of the molecule is CC(C)N(Cc1ccccc1OCCCCCC(=O)O)C(=O)c1ccc(C#CC2CN(C)C2)cc1.CC(C)N(Cc1ccccc1OCCCCCC(=O)O)C(=O)c1ccc(C2(C(F)(F)F)CC2)cc1.CC(C)N(Cc1ccccc1OCCCCCC(=O)O)C(=O)c1ccc(C2CCCCO2)cc1.COC1(c2ccc(C(=O)N(Cc3ccccc3OCCCCCC(=O)O)C(C)C)cc2)CC1. The van der Waals surface area contributed by atoms with Crippen LogP contribution in [0.2, 0.25) is 0 Å². The summed E-state index contributed by atoms with van der Waals surface area (Å²) in [6, 6.07) is 59.7. The minimum atomic E-state index is -4.29. The lowest BCUT2D eigenvalue weighted by atomic mass is 9.94. The molecule has 0 radical (unpaired) electrons. The number of benzene rings is 8. The Balaban J connectivity index is 0.000000205. The molecule has 4 N–H and O–H groups in total. The van der Waals surface area contributed by atoms with Gasteiger partial charge in [-0.3, -0.25) is 38.4 Å². The number of hydrogen-bond acceptors (Lipinski definition) is 15. The van der Waals surface area contributed by atoms with Gasteiger partial charge in [0.15, 0.2) is 0 Å². The summed E-state index contributed by atoms with van der Waals surface area (Å²) < 4.78 is 75.7. The summed E-state index contributed by atoms with van der Waals surface area (Å²) in [4.78, 5) is 105. The topological polar surface area (TPSA) is 289 Å². The fourth-order valence-corrected chi connectivity index (χ4v) is 16.4. The van der Waals surface area contributed by atoms with E-state index in [0.29, 0.717) is 112 Å². The van der Waals surface area contributed by atoms with Gasteiger partial charge in [-0.25, -0.2) is 0 Å². The van der Waals surface area contributed by atoms with E-state index in [1.807, 2.05) is 240 Å². The Morgan fingerprint density at radius 2 is 0.715 bits per heavy atom. The van der Waals surface area contributed by atoms with Crippen LogP contribution in [0.15, 0.2) is 194 Å². The van der Waals surface area contributed by atoms with Crippen molar-refractivity contribution in [2.45, 2.75) is 277 Å². The summed E-state index contributed by atoms with van der Waals surface area (Å²) in [6.45, 7) is 22.4. The zero-order valence-electron chi connectivity index (χ0n) is 81.4. The molecule has 12 rings (SSSR count). The lowest BCUT2D eigenvalue weighted by Crippen LogP contribution is -2.42. The van der Waals surface area contributed by atoms with Crippen LogP contribution in [0.1, 0.15) is 295 Å². The second-order valence-corrected chi connectivity index (χ2v) is 36.9. The predicted molar refractivity (Wildman–Crippen MR) is 523 cm³/mol. The van der Waals surface area contributed by atoms with Gasteiger partial charge >= 0.3 is 30.1 Å². The molecule has 4 amide bonds. The number of likely N-dealkylation sites (tertiary alicyclic amines) is 1. The molecule has 2 aliphatic carbocycles. The number of aliphatic carboxylic acids is 4. The number of carboxylic acids is 4. The monoisotopic (exact) mass is 1890 g/mol. The van der Waals surface area contributed by atoms with Gasteiger partial charge in [0.2, 0.25) is 0 Å². The van der Waals surface area contributed by atoms with Gasteiger partial charge in [0.25, 0.3) is 23.6 Å². The van der Waals surface area contributed by atoms with Crippen molar-refractivity contribution in [3.05, 3.63) is 261 Å². The highest BCUT2D eigenvalue weighted by molar-refractivity contribution is 5.96. The van der Waals surface area contributed by atoms with Crippen LogP contribution < -0.4 is 18.9 Å². The number of amides is 4. The van der Waals surface area contributed by atoms with Gasteiger partial charge < -0.3 is 73.3 Å². The Labute approximate surface area is 806 Å². The van der Waals surface area contributed by atoms with E-state index in [0.717, 1.165) is 153 Å². The van der Waals surface area contributed by atoms with Crippen LogP contribution in [0.4, 0.5) is 13.2 Å². The van der Waals surface area contributed by atoms with Gasteiger partial charge in [0.05, 0.1) is 43.5 Å². The van der Waals surface area contributed by atoms with Crippen molar-refractivity contribution in [3.63, 3.8) is 0 Å². The molecule has 2 saturated heterocycles. The molecule has 23 nitrogen and oxygen atoms in total. The Hall–Kier alpha value is -12.1. The summed E-state index contributed by atoms with van der Waals surface area (Å²) in [5.41, 5.74) is 7.48. The van der Waals surface area contributed by atoms with Crippen molar-refractivity contribution in [1.82, 2.24) is 24.5 Å². The highest BCUT2D eigenvalue weighted by Crippen LogP contribution is 2.59. The van der Waals surface area contributed by atoms with E-state index in [9.17, 15) is 51.5 Å². The van der Waals surface area contributed by atoms with Crippen molar-refractivity contribution < 1.29 is 100 Å². The fourth-order valence-electron chi connectivity index (χ4n) is 16.4. The number of para-hydroxylation sites is 4. The maximum Gasteiger partial charge on any atom is 0.398 e. The van der Waals surface area contributed by atoms with Crippen molar-refractivity contribution >= 4 is 47.5 Å². The highest BCUT2D eigenvalue weighted by atomic mass is 19.4. The molecule has 2 heterocycles. The minimum Gasteiger partial charge on any atom is -0.493 e. The van der Waals surface area contributed by atoms with Gasteiger partial charge in [-0.15, -0.1) is 0 Å². The van der Waals surface area contributed by atoms with Gasteiger partial charge in [-0.2, -0.15) is 13.2 Å². The molecule has 0 aromatic heterocycles. The molecule has 4 aliphatic rings. The number of alkyl halides is 3. The van der Waals surface area contributed by atoms with Crippen LogP contribution in [0.5, 0.6) is 23.0 Å². The number of hydrogen-bond donors (Lipinski definition) is 4. The first kappa shape index (κ1) is 109. The number of halogens is 3. The van der Waals surface area contributed by atoms with E-state index < -0.39 is 35.5 Å². The predicted octanol–water partition coefficient (Wildman–Crippen LogP) is 22.4. The maximum atomic E-state index is 13.4. The molecule has 0 bridgehead atoms. The smallest absolute Gasteiger partial charge is 0.398 e. The van der Waals surface area contributed by atoms with Gasteiger partial charge in [-0.1, -0.05) is 121 Å². The van der Waals surface area contributed by atoms with Crippen molar-refractivity contribution in [2.24, 2.45) is 5.92 Å². The first-order chi connectivity index (χ1) is 65.7. The van der Waals surface area contributed by atoms with Crippen molar-refractivity contribution in [2.75, 3.05) is 60.3 Å². The van der Waals surface area contributed by atoms with Gasteiger partial charge in [-0.05, 0) is 286 Å². The normalized spacial score (nSPS) is 14.5. The summed E-state index contributed by atoms with van der Waals surface area (Å²) >= 11 is 0. The number of rotatable bonds is 48. The first-order valence-electron chi connectivity index (χ1n) is 48.5. The zero-order chi connectivity index (χ0) is 99.0. The summed E-state index contributed by atoms with van der Waals surface area (Å²) in [5.74, 6) is 6.51. The van der Waals surface area contributed by atoms with Crippen LogP contribution in [-0.2, 0) is 65.8 Å². The number of carbonyl (C=O) groups excluding carboxylic acids is 4. The standard InChI is InChI=1S/C29H36N2O4.C28H37NO5.C27H32F3NO4.C27H35NO5/c1-22(2)31(21-26-9-6-7-10-27(26)35-18-8-4-5-11-28(32)33)29(34)25-16-14-23(15-17-25)12-13-24-19-30(3)20-24;1-21(2)29(28(32)23-16-14-22(15-17-23)25-12-7-9-19-33-25)20-24-10-5-6-11-26(24)34-18-8-3-4-13-27(30)31;1-19(2)31(18-21-8-5-6-9-23(21)35-17-7-3-4-10-24(32)33)25(34)20-11-13-22(14-12-20)26(15-16-26)27(28,29)30;1-20(2)28(26(31)21-12-14-23(15-13-21)27(32-3)16-17-27)19-22-9-6-7-10-24(22)33-18-8-4-5-11-25(29)30/h6-7,9-10,14-17,22,24H,4-5,8,11,18-21H2,1-3H3,(H,32,33);5-6,10-11,14-17,21,25H,3-4,7-9,12-13,18-20H2,1-2H3,(H,30,31);5-6,8-9,11-14,19H,3-4,7,10,15-18H2,1-2H3,(H,32,33);6-7,9-10,12-15,20H,4-5,8,11,16-19H2,1-3H3,(H,29,30). The molecule has 2 saturated carbocycles. The van der Waals surface area contributed by atoms with Crippen LogP contribution in [0.25, 0.3) is 0 Å². The van der Waals surface area contributed by atoms with Crippen LogP contribution in [0.3, 0.4) is 0 Å². The number of methoxy groups -OCH3 is 1. The third-order valence-corrected chi connectivity index (χ3v) is 25.0. The van der Waals surface area contributed by atoms with E-state index in [4.69, 9.17) is 48.8 Å². The molecule has 0 spiro atoms. The van der Waals surface area contributed by atoms with E-state index in [1.54, 1.807) is 12.0 Å². The zero-order valence-corrected chi connectivity index (χ0v) is 81.4. The number of nitrogens with zero attached hydrogens (tertiary/aromatic N) is 5. The van der Waals surface area contributed by atoms with Crippen molar-refractivity contribution in [1.29, 1.82) is 0 Å². The largest absolute Gasteiger partial charge is 0.493 e. The second-order valence-electron chi connectivity index (χ2n) is 36.9. The van der Waals surface area contributed by atoms with E-state index in [2.05, 4.69) is 23.8 Å². The lowest BCUT2D eigenvalue weighted by molar-refractivity contribution is -0.160. The highest BCUT2D eigenvalue weighted by Gasteiger charge is 2.64. The molecule has 2 aliphatic heterocycles. The van der Waals surface area contributed by atoms with Gasteiger partial charge in [0.1, 0.15) is 23.0 Å².